The van der Waals surface area contributed by atoms with Crippen LogP contribution in [-0.2, 0) is 36.7 Å². The van der Waals surface area contributed by atoms with E-state index in [0.29, 0.717) is 11.8 Å². The van der Waals surface area contributed by atoms with Gasteiger partial charge in [0.1, 0.15) is 0 Å². The number of carbonyl (C=O) groups is 1. The average Bonchev–Trinajstić information content (AvgIpc) is 3.45. The number of aliphatic hydroxyl groups excluding tert-OH is 1. The number of hydrogen-bond donors (Lipinski definition) is 1. The summed E-state index contributed by atoms with van der Waals surface area (Å²) in [6.45, 7) is 21.6. The van der Waals surface area contributed by atoms with Crippen LogP contribution in [-0.4, -0.2) is 15.9 Å². The number of rotatable bonds is 10. The molecule has 0 aliphatic heterocycles. The molecule has 2 heterocycles. The molecule has 5 heteroatoms. The predicted octanol–water partition coefficient (Wildman–Crippen LogP) is 13.8. The first kappa shape index (κ1) is 41.4. The van der Waals surface area contributed by atoms with Crippen LogP contribution in [0.3, 0.4) is 0 Å². The zero-order valence-corrected chi connectivity index (χ0v) is 35.9. The fraction of sp³-hybridized carbons (Fsp3) is 0.404. The molecule has 0 bridgehead atoms. The number of carbonyl (C=O) groups excluding carboxylic acids is 1. The van der Waals surface area contributed by atoms with Gasteiger partial charge in [0.2, 0.25) is 0 Å². The number of nitrogens with zero attached hydrogens (tertiary/aromatic N) is 1. The van der Waals surface area contributed by atoms with Gasteiger partial charge in [-0.1, -0.05) is 117 Å². The number of fused-ring (bicyclic) bond motifs is 5. The molecule has 52 heavy (non-hydrogen) atoms. The van der Waals surface area contributed by atoms with Crippen LogP contribution in [0.2, 0.25) is 0 Å². The Bertz CT molecular complexity index is 2180. The molecule has 1 radical (unpaired) electrons. The van der Waals surface area contributed by atoms with Crippen molar-refractivity contribution in [3.63, 3.8) is 0 Å². The van der Waals surface area contributed by atoms with Crippen molar-refractivity contribution in [1.29, 1.82) is 0 Å². The monoisotopic (exact) mass is 891 g/mol. The van der Waals surface area contributed by atoms with Crippen LogP contribution in [0.25, 0.3) is 53.0 Å². The first-order chi connectivity index (χ1) is 24.3. The van der Waals surface area contributed by atoms with Crippen molar-refractivity contribution in [1.82, 2.24) is 4.98 Å². The summed E-state index contributed by atoms with van der Waals surface area (Å²) in [6.07, 6.45) is 7.11. The molecule has 277 valence electrons. The van der Waals surface area contributed by atoms with Crippen molar-refractivity contribution in [2.75, 3.05) is 0 Å². The number of pyridine rings is 1. The van der Waals surface area contributed by atoms with Crippen LogP contribution in [0.15, 0.2) is 84.8 Å². The van der Waals surface area contributed by atoms with E-state index in [4.69, 9.17) is 4.98 Å². The van der Waals surface area contributed by atoms with Gasteiger partial charge in [-0.2, -0.15) is 0 Å². The molecule has 0 saturated heterocycles. The second-order valence-electron chi connectivity index (χ2n) is 15.9. The molecule has 0 saturated carbocycles. The fourth-order valence-electron chi connectivity index (χ4n) is 7.41. The van der Waals surface area contributed by atoms with Crippen molar-refractivity contribution in [2.24, 2.45) is 23.7 Å². The van der Waals surface area contributed by atoms with Gasteiger partial charge in [0, 0.05) is 64.7 Å². The Morgan fingerprint density at radius 2 is 1.58 bits per heavy atom. The minimum atomic E-state index is 0. The normalized spacial score (nSPS) is 12.9. The van der Waals surface area contributed by atoms with Crippen molar-refractivity contribution < 1.29 is 30.0 Å². The molecule has 6 rings (SSSR count). The molecule has 2 aromatic heterocycles. The smallest absolute Gasteiger partial charge is 0.162 e. The number of aromatic nitrogens is 1. The molecule has 0 aliphatic carbocycles. The summed E-state index contributed by atoms with van der Waals surface area (Å²) >= 11 is 1.86. The molecule has 3 nitrogen and oxygen atoms in total. The van der Waals surface area contributed by atoms with Crippen molar-refractivity contribution in [2.45, 2.75) is 100 Å². The Morgan fingerprint density at radius 3 is 2.21 bits per heavy atom. The van der Waals surface area contributed by atoms with Crippen LogP contribution in [0.4, 0.5) is 0 Å². The van der Waals surface area contributed by atoms with E-state index in [9.17, 15) is 9.90 Å². The molecule has 0 fully saturated rings. The van der Waals surface area contributed by atoms with E-state index in [1.54, 1.807) is 0 Å². The fourth-order valence-corrected chi connectivity index (χ4v) is 8.63. The molecule has 4 aromatic carbocycles. The first-order valence-corrected chi connectivity index (χ1v) is 19.7. The third-order valence-corrected chi connectivity index (χ3v) is 11.4. The Labute approximate surface area is 329 Å². The van der Waals surface area contributed by atoms with Crippen LogP contribution in [0, 0.1) is 29.7 Å². The van der Waals surface area contributed by atoms with E-state index < -0.39 is 0 Å². The zero-order chi connectivity index (χ0) is 37.0. The number of hydrogen-bond acceptors (Lipinski definition) is 4. The minimum Gasteiger partial charge on any atom is -0.512 e. The number of benzene rings is 4. The summed E-state index contributed by atoms with van der Waals surface area (Å²) < 4.78 is 2.57. The Kier molecular flexibility index (Phi) is 14.0. The second-order valence-corrected chi connectivity index (χ2v) is 16.9. The Balaban J connectivity index is 0.000000305. The molecule has 1 atom stereocenters. The summed E-state index contributed by atoms with van der Waals surface area (Å²) in [4.78, 5) is 16.8. The molecule has 0 spiro atoms. The Morgan fingerprint density at radius 1 is 0.865 bits per heavy atom. The van der Waals surface area contributed by atoms with E-state index in [2.05, 4.69) is 107 Å². The van der Waals surface area contributed by atoms with E-state index in [1.165, 1.54) is 53.5 Å². The van der Waals surface area contributed by atoms with Gasteiger partial charge in [-0.05, 0) is 82.9 Å². The topological polar surface area (TPSA) is 50.2 Å². The number of allylic oxidation sites excluding steroid dienone is 2. The number of thiophene rings is 1. The maximum atomic E-state index is 11.9. The summed E-state index contributed by atoms with van der Waals surface area (Å²) in [5, 5.41) is 17.6. The van der Waals surface area contributed by atoms with Gasteiger partial charge in [0.25, 0.3) is 0 Å². The summed E-state index contributed by atoms with van der Waals surface area (Å²) in [6, 6.07) is 28.3. The van der Waals surface area contributed by atoms with Gasteiger partial charge in [-0.25, -0.2) is 0 Å². The van der Waals surface area contributed by atoms with Gasteiger partial charge >= 0.3 is 0 Å². The maximum Gasteiger partial charge on any atom is 0.162 e. The van der Waals surface area contributed by atoms with Crippen molar-refractivity contribution in [3.8, 4) is 11.3 Å². The van der Waals surface area contributed by atoms with Crippen LogP contribution >= 0.6 is 11.3 Å². The summed E-state index contributed by atoms with van der Waals surface area (Å²) in [5.74, 6) is 1.47. The molecule has 0 aliphatic rings. The quantitative estimate of drug-likeness (QED) is 0.0847. The summed E-state index contributed by atoms with van der Waals surface area (Å²) in [5.41, 5.74) is 4.92. The van der Waals surface area contributed by atoms with E-state index in [1.807, 2.05) is 52.2 Å². The van der Waals surface area contributed by atoms with Crippen molar-refractivity contribution >= 4 is 58.8 Å². The minimum absolute atomic E-state index is 0. The van der Waals surface area contributed by atoms with Gasteiger partial charge in [0.15, 0.2) is 5.78 Å². The Hall–Kier alpha value is -3.37. The molecule has 0 amide bonds. The van der Waals surface area contributed by atoms with E-state index in [-0.39, 0.29) is 48.9 Å². The summed E-state index contributed by atoms with van der Waals surface area (Å²) in [7, 11) is 0. The molecule has 1 N–H and O–H groups in total. The zero-order valence-electron chi connectivity index (χ0n) is 32.7. The largest absolute Gasteiger partial charge is 0.512 e. The van der Waals surface area contributed by atoms with E-state index in [0.717, 1.165) is 42.3 Å². The van der Waals surface area contributed by atoms with Gasteiger partial charge in [-0.15, -0.1) is 40.5 Å². The van der Waals surface area contributed by atoms with Crippen LogP contribution in [0.1, 0.15) is 99.6 Å². The molecular formula is C47H56IrNO2S-. The van der Waals surface area contributed by atoms with Gasteiger partial charge in [0.05, 0.1) is 5.76 Å². The number of ketones is 1. The van der Waals surface area contributed by atoms with Crippen LogP contribution in [0.5, 0.6) is 0 Å². The first-order valence-electron chi connectivity index (χ1n) is 18.9. The average molecular weight is 891 g/mol. The molecule has 1 unspecified atom stereocenters. The molecular weight excluding hydrogens is 835 g/mol. The standard InChI is InChI=1S/C33H30NS.C14H26O2.Ir/c1-20(2)15-21-10-8-11-23-17-28-26-13-14-34-31(32(26)35-30(28)19-27(21)23)24-16-22-9-6-7-12-25(22)29(18-24)33(3,4)5;1-6-11(7-2)13(15)9-14(16)12(8-3)10(4)5;/h6-14,17-20H,15H2,1-5H3;9-12,15H,6-8H2,1-5H3;/q-1;;/b;13-9-;. The maximum absolute atomic E-state index is 11.9. The molecule has 6 aromatic rings. The predicted molar refractivity (Wildman–Crippen MR) is 222 cm³/mol. The van der Waals surface area contributed by atoms with Gasteiger partial charge < -0.3 is 5.11 Å². The third-order valence-electron chi connectivity index (χ3n) is 10.2. The van der Waals surface area contributed by atoms with Gasteiger partial charge in [-0.3, -0.25) is 9.78 Å². The second kappa shape index (κ2) is 17.6. The number of aliphatic hydroxyl groups is 1. The van der Waals surface area contributed by atoms with Crippen LogP contribution < -0.4 is 0 Å². The van der Waals surface area contributed by atoms with Crippen molar-refractivity contribution in [3.05, 3.63) is 102 Å². The SMILES string of the molecule is CC(C)Cc1cccc2cc3c(cc12)sc1c(-c2[c-]c4ccccc4c(C(C)(C)C)c2)nccc13.CCC(CC)/C(O)=C/C(=O)C(CC)C(C)C.[Ir]. The third kappa shape index (κ3) is 9.04. The van der Waals surface area contributed by atoms with E-state index >= 15 is 0 Å².